The van der Waals surface area contributed by atoms with Gasteiger partial charge >= 0.3 is 0 Å². The molecule has 0 aliphatic rings. The highest BCUT2D eigenvalue weighted by Gasteiger charge is 2.25. The highest BCUT2D eigenvalue weighted by Crippen LogP contribution is 2.22. The number of carbonyl (C=O) groups is 2. The number of benzene rings is 1. The zero-order valence-electron chi connectivity index (χ0n) is 14.5. The average molecular weight is 363 g/mol. The van der Waals surface area contributed by atoms with E-state index < -0.39 is 6.04 Å². The first kappa shape index (κ1) is 18.7. The number of anilines is 1. The second-order valence-electron chi connectivity index (χ2n) is 5.62. The van der Waals surface area contributed by atoms with Crippen molar-refractivity contribution < 1.29 is 19.1 Å². The molecule has 1 unspecified atom stereocenters. The van der Waals surface area contributed by atoms with Crippen molar-refractivity contribution in [2.75, 3.05) is 19.5 Å². The van der Waals surface area contributed by atoms with Crippen LogP contribution in [-0.2, 0) is 4.79 Å². The zero-order valence-corrected chi connectivity index (χ0v) is 15.3. The van der Waals surface area contributed by atoms with Gasteiger partial charge in [-0.25, -0.2) is 4.98 Å². The summed E-state index contributed by atoms with van der Waals surface area (Å²) in [4.78, 5) is 29.1. The summed E-state index contributed by atoms with van der Waals surface area (Å²) < 4.78 is 10.3. The van der Waals surface area contributed by atoms with E-state index >= 15 is 0 Å². The summed E-state index contributed by atoms with van der Waals surface area (Å²) in [7, 11) is 3.02. The molecule has 0 saturated heterocycles. The Morgan fingerprint density at radius 1 is 1.12 bits per heavy atom. The first-order valence-electron chi connectivity index (χ1n) is 7.69. The van der Waals surface area contributed by atoms with Crippen molar-refractivity contribution in [3.8, 4) is 11.5 Å². The van der Waals surface area contributed by atoms with Crippen molar-refractivity contribution in [2.24, 2.45) is 5.92 Å². The fourth-order valence-corrected chi connectivity index (χ4v) is 2.70. The molecule has 1 aromatic heterocycles. The third kappa shape index (κ3) is 4.93. The predicted octanol–water partition coefficient (Wildman–Crippen LogP) is 2.55. The van der Waals surface area contributed by atoms with Crippen molar-refractivity contribution >= 4 is 28.3 Å². The lowest BCUT2D eigenvalue weighted by Gasteiger charge is -2.21. The topological polar surface area (TPSA) is 89.5 Å². The molecule has 0 bridgehead atoms. The van der Waals surface area contributed by atoms with Crippen LogP contribution >= 0.6 is 11.3 Å². The number of carbonyl (C=O) groups excluding carboxylic acids is 2. The SMILES string of the molecule is COc1cc(OC)cc(C(=O)NC(C(=O)Nc2nccs2)C(C)C)c1. The molecule has 8 heteroatoms. The van der Waals surface area contributed by atoms with Gasteiger partial charge in [0.25, 0.3) is 5.91 Å². The van der Waals surface area contributed by atoms with Crippen molar-refractivity contribution in [3.63, 3.8) is 0 Å². The van der Waals surface area contributed by atoms with Gasteiger partial charge < -0.3 is 20.1 Å². The summed E-state index contributed by atoms with van der Waals surface area (Å²) in [6.45, 7) is 3.72. The molecule has 7 nitrogen and oxygen atoms in total. The van der Waals surface area contributed by atoms with E-state index in [0.29, 0.717) is 22.2 Å². The molecule has 1 atom stereocenters. The molecule has 2 N–H and O–H groups in total. The van der Waals surface area contributed by atoms with E-state index in [1.807, 2.05) is 13.8 Å². The number of hydrogen-bond donors (Lipinski definition) is 2. The Balaban J connectivity index is 2.16. The summed E-state index contributed by atoms with van der Waals surface area (Å²) >= 11 is 1.32. The van der Waals surface area contributed by atoms with Crippen LogP contribution < -0.4 is 20.1 Å². The molecule has 0 aliphatic carbocycles. The fraction of sp³-hybridized carbons (Fsp3) is 0.353. The first-order chi connectivity index (χ1) is 11.9. The van der Waals surface area contributed by atoms with Gasteiger partial charge in [0.15, 0.2) is 5.13 Å². The standard InChI is InChI=1S/C17H21N3O4S/c1-10(2)14(16(22)20-17-18-5-6-25-17)19-15(21)11-7-12(23-3)9-13(8-11)24-4/h5-10,14H,1-4H3,(H,19,21)(H,18,20,22). The molecule has 0 spiro atoms. The van der Waals surface area contributed by atoms with Gasteiger partial charge in [-0.2, -0.15) is 0 Å². The van der Waals surface area contributed by atoms with Gasteiger partial charge in [0.05, 0.1) is 14.2 Å². The van der Waals surface area contributed by atoms with Crippen LogP contribution in [0.1, 0.15) is 24.2 Å². The van der Waals surface area contributed by atoms with Crippen LogP contribution in [0, 0.1) is 5.92 Å². The van der Waals surface area contributed by atoms with Gasteiger partial charge in [-0.1, -0.05) is 13.8 Å². The van der Waals surface area contributed by atoms with E-state index in [1.54, 1.807) is 29.8 Å². The minimum atomic E-state index is -0.700. The van der Waals surface area contributed by atoms with Crippen molar-refractivity contribution in [1.29, 1.82) is 0 Å². The number of ether oxygens (including phenoxy) is 2. The predicted molar refractivity (Wildman–Crippen MR) is 96.4 cm³/mol. The number of amides is 2. The molecule has 2 rings (SSSR count). The molecule has 0 aliphatic heterocycles. The Bertz CT molecular complexity index is 709. The smallest absolute Gasteiger partial charge is 0.252 e. The zero-order chi connectivity index (χ0) is 18.4. The Morgan fingerprint density at radius 2 is 1.76 bits per heavy atom. The highest BCUT2D eigenvalue weighted by molar-refractivity contribution is 7.13. The molecule has 25 heavy (non-hydrogen) atoms. The van der Waals surface area contributed by atoms with Gasteiger partial charge in [0.2, 0.25) is 5.91 Å². The Kier molecular flexibility index (Phi) is 6.35. The van der Waals surface area contributed by atoms with Crippen LogP contribution in [-0.4, -0.2) is 37.1 Å². The second-order valence-corrected chi connectivity index (χ2v) is 6.52. The molecular weight excluding hydrogens is 342 g/mol. The monoisotopic (exact) mass is 363 g/mol. The van der Waals surface area contributed by atoms with E-state index in [4.69, 9.17) is 9.47 Å². The molecule has 0 fully saturated rings. The van der Waals surface area contributed by atoms with Crippen LogP contribution in [0.25, 0.3) is 0 Å². The number of rotatable bonds is 7. The highest BCUT2D eigenvalue weighted by atomic mass is 32.1. The summed E-state index contributed by atoms with van der Waals surface area (Å²) in [5.74, 6) is 0.199. The number of nitrogens with one attached hydrogen (secondary N) is 2. The Labute approximate surface area is 150 Å². The second kappa shape index (κ2) is 8.48. The maximum atomic E-state index is 12.6. The minimum absolute atomic E-state index is 0.101. The maximum absolute atomic E-state index is 12.6. The third-order valence-corrected chi connectivity index (χ3v) is 4.20. The van der Waals surface area contributed by atoms with E-state index in [-0.39, 0.29) is 17.7 Å². The quantitative estimate of drug-likeness (QED) is 0.789. The number of aromatic nitrogens is 1. The van der Waals surface area contributed by atoms with Gasteiger partial charge in [-0.05, 0) is 18.1 Å². The molecule has 1 heterocycles. The summed E-state index contributed by atoms with van der Waals surface area (Å²) in [5, 5.41) is 7.73. The maximum Gasteiger partial charge on any atom is 0.252 e. The van der Waals surface area contributed by atoms with Crippen LogP contribution in [0.4, 0.5) is 5.13 Å². The van der Waals surface area contributed by atoms with E-state index in [9.17, 15) is 9.59 Å². The van der Waals surface area contributed by atoms with Crippen molar-refractivity contribution in [1.82, 2.24) is 10.3 Å². The Hall–Kier alpha value is -2.61. The van der Waals surface area contributed by atoms with Gasteiger partial charge in [0, 0.05) is 23.2 Å². The molecular formula is C17H21N3O4S. The summed E-state index contributed by atoms with van der Waals surface area (Å²) in [6, 6.07) is 4.15. The van der Waals surface area contributed by atoms with Crippen LogP contribution in [0.3, 0.4) is 0 Å². The van der Waals surface area contributed by atoms with Crippen molar-refractivity contribution in [2.45, 2.75) is 19.9 Å². The lowest BCUT2D eigenvalue weighted by molar-refractivity contribution is -0.118. The lowest BCUT2D eigenvalue weighted by atomic mass is 10.0. The number of methoxy groups -OCH3 is 2. The number of nitrogens with zero attached hydrogens (tertiary/aromatic N) is 1. The number of thiazole rings is 1. The number of hydrogen-bond acceptors (Lipinski definition) is 6. The van der Waals surface area contributed by atoms with E-state index in [1.165, 1.54) is 25.6 Å². The first-order valence-corrected chi connectivity index (χ1v) is 8.57. The molecule has 1 aromatic carbocycles. The van der Waals surface area contributed by atoms with E-state index in [0.717, 1.165) is 0 Å². The largest absolute Gasteiger partial charge is 0.497 e. The minimum Gasteiger partial charge on any atom is -0.497 e. The van der Waals surface area contributed by atoms with Crippen molar-refractivity contribution in [3.05, 3.63) is 35.3 Å². The Morgan fingerprint density at radius 3 is 2.24 bits per heavy atom. The summed E-state index contributed by atoms with van der Waals surface area (Å²) in [5.41, 5.74) is 0.351. The normalized spacial score (nSPS) is 11.7. The molecule has 0 radical (unpaired) electrons. The summed E-state index contributed by atoms with van der Waals surface area (Å²) in [6.07, 6.45) is 1.60. The average Bonchev–Trinajstić information content (AvgIpc) is 3.11. The molecule has 0 saturated carbocycles. The van der Waals surface area contributed by atoms with Crippen LogP contribution in [0.15, 0.2) is 29.8 Å². The molecule has 2 aromatic rings. The molecule has 2 amide bonds. The van der Waals surface area contributed by atoms with Crippen LogP contribution in [0.2, 0.25) is 0 Å². The third-order valence-electron chi connectivity index (χ3n) is 3.51. The van der Waals surface area contributed by atoms with Gasteiger partial charge in [-0.3, -0.25) is 9.59 Å². The van der Waals surface area contributed by atoms with E-state index in [2.05, 4.69) is 15.6 Å². The lowest BCUT2D eigenvalue weighted by Crippen LogP contribution is -2.47. The van der Waals surface area contributed by atoms with Gasteiger partial charge in [0.1, 0.15) is 17.5 Å². The van der Waals surface area contributed by atoms with Gasteiger partial charge in [-0.15, -0.1) is 11.3 Å². The molecule has 134 valence electrons. The van der Waals surface area contributed by atoms with Crippen LogP contribution in [0.5, 0.6) is 11.5 Å². The fourth-order valence-electron chi connectivity index (χ4n) is 2.17.